The lowest BCUT2D eigenvalue weighted by Crippen LogP contribution is -2.32. The third-order valence-corrected chi connectivity index (χ3v) is 4.86. The van der Waals surface area contributed by atoms with Gasteiger partial charge in [-0.05, 0) is 55.7 Å². The summed E-state index contributed by atoms with van der Waals surface area (Å²) in [5.41, 5.74) is 4.37. The zero-order chi connectivity index (χ0) is 18.1. The van der Waals surface area contributed by atoms with Crippen molar-refractivity contribution in [2.24, 2.45) is 0 Å². The van der Waals surface area contributed by atoms with Crippen molar-refractivity contribution < 1.29 is 9.90 Å². The largest absolute Gasteiger partial charge is 0.505 e. The molecule has 132 valence electrons. The van der Waals surface area contributed by atoms with Gasteiger partial charge in [-0.25, -0.2) is 0 Å². The molecule has 1 heterocycles. The van der Waals surface area contributed by atoms with Crippen LogP contribution in [0, 0.1) is 13.8 Å². The summed E-state index contributed by atoms with van der Waals surface area (Å²) in [6.45, 7) is 15.8. The molecular weight excluding hydrogens is 300 g/mol. The lowest BCUT2D eigenvalue weighted by Gasteiger charge is -2.35. The fourth-order valence-corrected chi connectivity index (χ4v) is 3.69. The summed E-state index contributed by atoms with van der Waals surface area (Å²) in [6, 6.07) is 0. The number of phenolic OH excluding ortho intramolecular Hbond substituents is 1. The fourth-order valence-electron chi connectivity index (χ4n) is 3.69. The molecular formula is C20H30N2O2. The van der Waals surface area contributed by atoms with Gasteiger partial charge in [-0.1, -0.05) is 27.4 Å². The van der Waals surface area contributed by atoms with Gasteiger partial charge in [-0.15, -0.1) is 0 Å². The summed E-state index contributed by atoms with van der Waals surface area (Å²) in [7, 11) is 0. The number of amides is 1. The van der Waals surface area contributed by atoms with E-state index < -0.39 is 0 Å². The molecule has 0 aromatic heterocycles. The van der Waals surface area contributed by atoms with Crippen LogP contribution in [0.15, 0.2) is 12.7 Å². The van der Waals surface area contributed by atoms with Gasteiger partial charge in [0.25, 0.3) is 0 Å². The normalized spacial score (nSPS) is 15.3. The number of benzene rings is 1. The SMILES string of the molecule is C=CC(=O)Nc1c(O)c(C(C)(C)C)c(C)c(C)c1N1CCCCC1. The molecule has 1 amide bonds. The van der Waals surface area contributed by atoms with Crippen LogP contribution in [0.4, 0.5) is 11.4 Å². The maximum absolute atomic E-state index is 12.0. The summed E-state index contributed by atoms with van der Waals surface area (Å²) in [6.07, 6.45) is 4.74. The third kappa shape index (κ3) is 3.42. The van der Waals surface area contributed by atoms with Crippen LogP contribution in [0.2, 0.25) is 0 Å². The Morgan fingerprint density at radius 2 is 1.75 bits per heavy atom. The van der Waals surface area contributed by atoms with Crippen LogP contribution in [-0.4, -0.2) is 24.1 Å². The number of anilines is 2. The molecule has 1 aromatic carbocycles. The van der Waals surface area contributed by atoms with Gasteiger partial charge in [0.15, 0.2) is 0 Å². The minimum Gasteiger partial charge on any atom is -0.505 e. The number of aromatic hydroxyl groups is 1. The van der Waals surface area contributed by atoms with E-state index in [0.717, 1.165) is 48.3 Å². The first-order valence-corrected chi connectivity index (χ1v) is 8.73. The van der Waals surface area contributed by atoms with Crippen LogP contribution in [0.1, 0.15) is 56.7 Å². The van der Waals surface area contributed by atoms with Crippen molar-refractivity contribution in [3.8, 4) is 5.75 Å². The summed E-state index contributed by atoms with van der Waals surface area (Å²) >= 11 is 0. The average Bonchev–Trinajstić information content (AvgIpc) is 2.52. The standard InChI is InChI=1S/C20H30N2O2/c1-7-15(23)21-17-18(22-11-9-8-10-12-22)14(3)13(2)16(19(17)24)20(4,5)6/h7,24H,1,8-12H2,2-6H3,(H,21,23). The van der Waals surface area contributed by atoms with Crippen molar-refractivity contribution in [2.75, 3.05) is 23.3 Å². The van der Waals surface area contributed by atoms with Gasteiger partial charge in [0.1, 0.15) is 11.4 Å². The maximum Gasteiger partial charge on any atom is 0.247 e. The number of hydrogen-bond acceptors (Lipinski definition) is 3. The molecule has 1 aliphatic heterocycles. The average molecular weight is 330 g/mol. The molecule has 0 bridgehead atoms. The van der Waals surface area contributed by atoms with Gasteiger partial charge in [-0.2, -0.15) is 0 Å². The summed E-state index contributed by atoms with van der Waals surface area (Å²) in [5.74, 6) is -0.118. The lowest BCUT2D eigenvalue weighted by atomic mass is 9.80. The van der Waals surface area contributed by atoms with E-state index in [1.54, 1.807) is 0 Å². The Morgan fingerprint density at radius 1 is 1.17 bits per heavy atom. The molecule has 1 saturated heterocycles. The summed E-state index contributed by atoms with van der Waals surface area (Å²) < 4.78 is 0. The number of nitrogens with one attached hydrogen (secondary N) is 1. The van der Waals surface area contributed by atoms with Crippen molar-refractivity contribution in [2.45, 2.75) is 59.3 Å². The number of piperidine rings is 1. The quantitative estimate of drug-likeness (QED) is 0.637. The second-order valence-electron chi connectivity index (χ2n) is 7.69. The van der Waals surface area contributed by atoms with E-state index in [1.165, 1.54) is 12.5 Å². The Balaban J connectivity index is 2.71. The summed E-state index contributed by atoms with van der Waals surface area (Å²) in [4.78, 5) is 14.3. The zero-order valence-corrected chi connectivity index (χ0v) is 15.6. The molecule has 0 saturated carbocycles. The Labute approximate surface area is 145 Å². The molecule has 0 unspecified atom stereocenters. The molecule has 1 fully saturated rings. The number of carbonyl (C=O) groups excluding carboxylic acids is 1. The molecule has 2 rings (SSSR count). The van der Waals surface area contributed by atoms with Crippen molar-refractivity contribution in [3.05, 3.63) is 29.3 Å². The van der Waals surface area contributed by atoms with Crippen LogP contribution >= 0.6 is 0 Å². The Morgan fingerprint density at radius 3 is 2.25 bits per heavy atom. The number of phenols is 1. The predicted molar refractivity (Wildman–Crippen MR) is 101 cm³/mol. The van der Waals surface area contributed by atoms with E-state index in [-0.39, 0.29) is 17.1 Å². The molecule has 2 N–H and O–H groups in total. The van der Waals surface area contributed by atoms with Gasteiger partial charge in [0, 0.05) is 18.7 Å². The highest BCUT2D eigenvalue weighted by Crippen LogP contribution is 2.47. The number of carbonyl (C=O) groups is 1. The predicted octanol–water partition coefficient (Wildman–Crippen LogP) is 4.42. The zero-order valence-electron chi connectivity index (χ0n) is 15.6. The number of nitrogens with zero attached hydrogens (tertiary/aromatic N) is 1. The molecule has 1 aliphatic rings. The van der Waals surface area contributed by atoms with Crippen molar-refractivity contribution in [1.82, 2.24) is 0 Å². The van der Waals surface area contributed by atoms with Crippen molar-refractivity contribution >= 4 is 17.3 Å². The van der Waals surface area contributed by atoms with E-state index in [0.29, 0.717) is 5.69 Å². The monoisotopic (exact) mass is 330 g/mol. The van der Waals surface area contributed by atoms with E-state index in [1.807, 2.05) is 0 Å². The molecule has 4 nitrogen and oxygen atoms in total. The van der Waals surface area contributed by atoms with Crippen LogP contribution in [-0.2, 0) is 10.2 Å². The van der Waals surface area contributed by atoms with Gasteiger partial charge < -0.3 is 15.3 Å². The molecule has 4 heteroatoms. The Hall–Kier alpha value is -1.97. The maximum atomic E-state index is 12.0. The van der Waals surface area contributed by atoms with E-state index in [4.69, 9.17) is 0 Å². The van der Waals surface area contributed by atoms with Gasteiger partial charge in [0.05, 0.1) is 5.69 Å². The third-order valence-electron chi connectivity index (χ3n) is 4.86. The molecule has 0 radical (unpaired) electrons. The highest BCUT2D eigenvalue weighted by Gasteiger charge is 2.30. The summed E-state index contributed by atoms with van der Waals surface area (Å²) in [5, 5.41) is 13.9. The van der Waals surface area contributed by atoms with E-state index in [2.05, 4.69) is 51.4 Å². The molecule has 0 aliphatic carbocycles. The highest BCUT2D eigenvalue weighted by molar-refractivity contribution is 6.03. The first kappa shape index (κ1) is 18.4. The molecule has 0 spiro atoms. The van der Waals surface area contributed by atoms with Gasteiger partial charge in [0.2, 0.25) is 5.91 Å². The minimum atomic E-state index is -0.299. The topological polar surface area (TPSA) is 52.6 Å². The Bertz CT molecular complexity index is 651. The molecule has 0 atom stereocenters. The fraction of sp³-hybridized carbons (Fsp3) is 0.550. The van der Waals surface area contributed by atoms with Crippen molar-refractivity contribution in [1.29, 1.82) is 0 Å². The Kier molecular flexibility index (Phi) is 5.26. The smallest absolute Gasteiger partial charge is 0.247 e. The number of rotatable bonds is 3. The van der Waals surface area contributed by atoms with Crippen LogP contribution in [0.3, 0.4) is 0 Å². The molecule has 1 aromatic rings. The minimum absolute atomic E-state index is 0.182. The first-order chi connectivity index (χ1) is 11.2. The van der Waals surface area contributed by atoms with Gasteiger partial charge >= 0.3 is 0 Å². The highest BCUT2D eigenvalue weighted by atomic mass is 16.3. The van der Waals surface area contributed by atoms with E-state index >= 15 is 0 Å². The van der Waals surface area contributed by atoms with Crippen LogP contribution in [0.25, 0.3) is 0 Å². The van der Waals surface area contributed by atoms with Crippen molar-refractivity contribution in [3.63, 3.8) is 0 Å². The van der Waals surface area contributed by atoms with Gasteiger partial charge in [-0.3, -0.25) is 4.79 Å². The van der Waals surface area contributed by atoms with E-state index in [9.17, 15) is 9.90 Å². The first-order valence-electron chi connectivity index (χ1n) is 8.73. The van der Waals surface area contributed by atoms with Crippen LogP contribution < -0.4 is 10.2 Å². The second kappa shape index (κ2) is 6.88. The molecule has 24 heavy (non-hydrogen) atoms. The lowest BCUT2D eigenvalue weighted by molar-refractivity contribution is -0.111. The second-order valence-corrected chi connectivity index (χ2v) is 7.69. The van der Waals surface area contributed by atoms with Crippen LogP contribution in [0.5, 0.6) is 5.75 Å². The number of hydrogen-bond donors (Lipinski definition) is 2.